The molecule has 64 valence electrons. The van der Waals surface area contributed by atoms with Crippen LogP contribution in [0, 0.1) is 0 Å². The van der Waals surface area contributed by atoms with E-state index in [9.17, 15) is 0 Å². The topological polar surface area (TPSA) is 21.3 Å². The van der Waals surface area contributed by atoms with E-state index in [1.54, 1.807) is 0 Å². The van der Waals surface area contributed by atoms with Gasteiger partial charge in [0.1, 0.15) is 0 Å². The predicted molar refractivity (Wildman–Crippen MR) is 50.8 cm³/mol. The molecule has 1 N–H and O–H groups in total. The number of ether oxygens (including phenoxy) is 1. The number of rotatable bonds is 1. The first-order valence-corrected chi connectivity index (χ1v) is 4.73. The van der Waals surface area contributed by atoms with Crippen LogP contribution in [0.5, 0.6) is 0 Å². The predicted octanol–water partition coefficient (Wildman–Crippen LogP) is 2.07. The van der Waals surface area contributed by atoms with E-state index in [1.807, 2.05) is 12.1 Å². The van der Waals surface area contributed by atoms with Gasteiger partial charge in [-0.2, -0.15) is 0 Å². The lowest BCUT2D eigenvalue weighted by molar-refractivity contribution is 0.114. The number of benzene rings is 1. The summed E-state index contributed by atoms with van der Waals surface area (Å²) in [5, 5.41) is 3.15. The van der Waals surface area contributed by atoms with E-state index in [0.717, 1.165) is 11.0 Å². The Kier molecular flexibility index (Phi) is 2.44. The quantitative estimate of drug-likeness (QED) is 0.794. The number of hydrogen-bond acceptors (Lipinski definition) is 2. The molecule has 0 aromatic heterocycles. The average molecular weight is 228 g/mol. The third-order valence-electron chi connectivity index (χ3n) is 1.96. The van der Waals surface area contributed by atoms with Gasteiger partial charge in [-0.25, -0.2) is 0 Å². The zero-order valence-electron chi connectivity index (χ0n) is 6.59. The molecule has 1 atom stereocenters. The van der Waals surface area contributed by atoms with Crippen molar-refractivity contribution < 1.29 is 4.74 Å². The molecule has 1 aliphatic heterocycles. The van der Waals surface area contributed by atoms with Crippen molar-refractivity contribution >= 4 is 15.9 Å². The molecule has 3 heteroatoms. The first kappa shape index (κ1) is 8.23. The van der Waals surface area contributed by atoms with E-state index in [4.69, 9.17) is 4.74 Å². The summed E-state index contributed by atoms with van der Waals surface area (Å²) < 4.78 is 6.56. The molecule has 2 rings (SSSR count). The summed E-state index contributed by atoms with van der Waals surface area (Å²) in [5.74, 6) is 0. The number of hydrogen-bond donors (Lipinski definition) is 1. The highest BCUT2D eigenvalue weighted by Crippen LogP contribution is 2.21. The fourth-order valence-corrected chi connectivity index (χ4v) is 1.56. The fourth-order valence-electron chi connectivity index (χ4n) is 1.30. The van der Waals surface area contributed by atoms with Crippen LogP contribution in [0.4, 0.5) is 0 Å². The minimum absolute atomic E-state index is 0.234. The van der Waals surface area contributed by atoms with Crippen LogP contribution in [0.15, 0.2) is 28.7 Å². The van der Waals surface area contributed by atoms with Gasteiger partial charge >= 0.3 is 0 Å². The maximum Gasteiger partial charge on any atom is 0.0975 e. The lowest BCUT2D eigenvalue weighted by Crippen LogP contribution is -2.07. The monoisotopic (exact) mass is 227 g/mol. The second-order valence-electron chi connectivity index (χ2n) is 2.81. The Labute approximate surface area is 80.1 Å². The Balaban J connectivity index is 2.17. The van der Waals surface area contributed by atoms with Crippen LogP contribution in [-0.4, -0.2) is 13.3 Å². The molecule has 1 aliphatic rings. The van der Waals surface area contributed by atoms with Crippen LogP contribution in [0.1, 0.15) is 11.7 Å². The zero-order chi connectivity index (χ0) is 8.39. The molecule has 1 unspecified atom stereocenters. The van der Waals surface area contributed by atoms with Gasteiger partial charge in [0.15, 0.2) is 0 Å². The molecule has 0 bridgehead atoms. The van der Waals surface area contributed by atoms with Crippen molar-refractivity contribution in [2.75, 3.05) is 13.3 Å². The van der Waals surface area contributed by atoms with Crippen LogP contribution in [0.25, 0.3) is 0 Å². The van der Waals surface area contributed by atoms with E-state index in [1.165, 1.54) is 5.56 Å². The molecular formula is C9H10BrNO. The lowest BCUT2D eigenvalue weighted by Gasteiger charge is -2.07. The molecule has 1 fully saturated rings. The molecule has 1 heterocycles. The Morgan fingerprint density at radius 2 is 2.08 bits per heavy atom. The standard InChI is InChI=1S/C9H10BrNO/c10-8-3-1-7(2-4-8)9-5-11-6-12-9/h1-4,9,11H,5-6H2. The van der Waals surface area contributed by atoms with Crippen molar-refractivity contribution in [2.24, 2.45) is 0 Å². The fraction of sp³-hybridized carbons (Fsp3) is 0.333. The van der Waals surface area contributed by atoms with Gasteiger partial charge in [-0.05, 0) is 17.7 Å². The molecule has 0 amide bonds. The molecule has 0 spiro atoms. The van der Waals surface area contributed by atoms with Crippen molar-refractivity contribution in [3.8, 4) is 0 Å². The minimum atomic E-state index is 0.234. The largest absolute Gasteiger partial charge is 0.357 e. The summed E-state index contributed by atoms with van der Waals surface area (Å²) >= 11 is 3.40. The molecule has 1 saturated heterocycles. The van der Waals surface area contributed by atoms with Crippen LogP contribution < -0.4 is 5.32 Å². The molecule has 1 aromatic rings. The van der Waals surface area contributed by atoms with E-state index in [2.05, 4.69) is 33.4 Å². The van der Waals surface area contributed by atoms with Crippen LogP contribution in [-0.2, 0) is 4.74 Å². The Bertz CT molecular complexity index is 254. The summed E-state index contributed by atoms with van der Waals surface area (Å²) in [6.45, 7) is 1.59. The van der Waals surface area contributed by atoms with Gasteiger partial charge in [-0.3, -0.25) is 5.32 Å². The summed E-state index contributed by atoms with van der Waals surface area (Å²) in [6.07, 6.45) is 0.234. The summed E-state index contributed by atoms with van der Waals surface area (Å²) in [6, 6.07) is 8.25. The SMILES string of the molecule is Brc1ccc(C2CNCO2)cc1. The van der Waals surface area contributed by atoms with Gasteiger partial charge in [0.2, 0.25) is 0 Å². The first-order chi connectivity index (χ1) is 5.86. The molecule has 2 nitrogen and oxygen atoms in total. The molecular weight excluding hydrogens is 218 g/mol. The molecule has 12 heavy (non-hydrogen) atoms. The second kappa shape index (κ2) is 3.56. The van der Waals surface area contributed by atoms with Gasteiger partial charge in [-0.1, -0.05) is 28.1 Å². The molecule has 0 saturated carbocycles. The Hall–Kier alpha value is -0.380. The smallest absolute Gasteiger partial charge is 0.0975 e. The van der Waals surface area contributed by atoms with E-state index in [0.29, 0.717) is 6.73 Å². The lowest BCUT2D eigenvalue weighted by atomic mass is 10.1. The molecule has 0 radical (unpaired) electrons. The highest BCUT2D eigenvalue weighted by molar-refractivity contribution is 9.10. The van der Waals surface area contributed by atoms with Crippen molar-refractivity contribution in [2.45, 2.75) is 6.10 Å². The normalized spacial score (nSPS) is 22.9. The number of nitrogens with one attached hydrogen (secondary N) is 1. The van der Waals surface area contributed by atoms with E-state index >= 15 is 0 Å². The van der Waals surface area contributed by atoms with Crippen molar-refractivity contribution in [1.82, 2.24) is 5.32 Å². The zero-order valence-corrected chi connectivity index (χ0v) is 8.17. The third kappa shape index (κ3) is 1.68. The van der Waals surface area contributed by atoms with Crippen LogP contribution in [0.2, 0.25) is 0 Å². The second-order valence-corrected chi connectivity index (χ2v) is 3.72. The van der Waals surface area contributed by atoms with Crippen molar-refractivity contribution in [3.63, 3.8) is 0 Å². The van der Waals surface area contributed by atoms with E-state index < -0.39 is 0 Å². The van der Waals surface area contributed by atoms with E-state index in [-0.39, 0.29) is 6.10 Å². The third-order valence-corrected chi connectivity index (χ3v) is 2.49. The summed E-state index contributed by atoms with van der Waals surface area (Å²) in [4.78, 5) is 0. The molecule has 0 aliphatic carbocycles. The van der Waals surface area contributed by atoms with Crippen LogP contribution in [0.3, 0.4) is 0 Å². The van der Waals surface area contributed by atoms with Crippen molar-refractivity contribution in [3.05, 3.63) is 34.3 Å². The van der Waals surface area contributed by atoms with Gasteiger partial charge in [0.25, 0.3) is 0 Å². The Morgan fingerprint density at radius 3 is 2.67 bits per heavy atom. The maximum atomic E-state index is 5.45. The maximum absolute atomic E-state index is 5.45. The highest BCUT2D eigenvalue weighted by atomic mass is 79.9. The van der Waals surface area contributed by atoms with Gasteiger partial charge in [0.05, 0.1) is 12.8 Å². The van der Waals surface area contributed by atoms with Gasteiger partial charge in [0, 0.05) is 11.0 Å². The summed E-state index contributed by atoms with van der Waals surface area (Å²) in [7, 11) is 0. The van der Waals surface area contributed by atoms with Gasteiger partial charge in [-0.15, -0.1) is 0 Å². The van der Waals surface area contributed by atoms with Gasteiger partial charge < -0.3 is 4.74 Å². The average Bonchev–Trinajstić information content (AvgIpc) is 2.58. The van der Waals surface area contributed by atoms with Crippen LogP contribution >= 0.6 is 15.9 Å². The van der Waals surface area contributed by atoms with Crippen molar-refractivity contribution in [1.29, 1.82) is 0 Å². The Morgan fingerprint density at radius 1 is 1.33 bits per heavy atom. The summed E-state index contributed by atoms with van der Waals surface area (Å²) in [5.41, 5.74) is 1.24. The first-order valence-electron chi connectivity index (χ1n) is 3.94. The minimum Gasteiger partial charge on any atom is -0.357 e. The highest BCUT2D eigenvalue weighted by Gasteiger charge is 2.16. The number of halogens is 1. The molecule has 1 aromatic carbocycles.